The van der Waals surface area contributed by atoms with Crippen LogP contribution in [0.5, 0.6) is 5.88 Å². The zero-order valence-electron chi connectivity index (χ0n) is 9.79. The van der Waals surface area contributed by atoms with Gasteiger partial charge in [-0.1, -0.05) is 13.8 Å². The molecule has 0 N–H and O–H groups in total. The van der Waals surface area contributed by atoms with Gasteiger partial charge in [-0.15, -0.1) is 0 Å². The van der Waals surface area contributed by atoms with Gasteiger partial charge >= 0.3 is 0 Å². The molecule has 1 fully saturated rings. The molecule has 0 amide bonds. The smallest absolute Gasteiger partial charge is 0.216 e. The summed E-state index contributed by atoms with van der Waals surface area (Å²) in [5.41, 5.74) is 2.64. The Morgan fingerprint density at radius 2 is 2.20 bits per heavy atom. The Bertz CT molecular complexity index is 342. The maximum atomic E-state index is 5.54. The average Bonchev–Trinajstić information content (AvgIpc) is 3.02. The van der Waals surface area contributed by atoms with Crippen LogP contribution in [0.25, 0.3) is 0 Å². The first-order chi connectivity index (χ1) is 7.22. The van der Waals surface area contributed by atoms with Crippen molar-refractivity contribution in [1.82, 2.24) is 4.98 Å². The van der Waals surface area contributed by atoms with Crippen LogP contribution >= 0.6 is 0 Å². The molecule has 2 nitrogen and oxygen atoms in total. The summed E-state index contributed by atoms with van der Waals surface area (Å²) in [5.74, 6) is 2.07. The summed E-state index contributed by atoms with van der Waals surface area (Å²) >= 11 is 0. The van der Waals surface area contributed by atoms with Crippen LogP contribution in [-0.2, 0) is 0 Å². The summed E-state index contributed by atoms with van der Waals surface area (Å²) in [6, 6.07) is 2.28. The molecule has 1 heterocycles. The van der Waals surface area contributed by atoms with Crippen LogP contribution < -0.4 is 4.74 Å². The van der Waals surface area contributed by atoms with E-state index in [2.05, 4.69) is 24.9 Å². The van der Waals surface area contributed by atoms with Crippen molar-refractivity contribution < 1.29 is 4.74 Å². The van der Waals surface area contributed by atoms with Crippen LogP contribution in [0.2, 0.25) is 0 Å². The first kappa shape index (κ1) is 10.5. The molecule has 0 radical (unpaired) electrons. The number of pyridine rings is 1. The van der Waals surface area contributed by atoms with Crippen LogP contribution in [0.1, 0.15) is 56.6 Å². The minimum Gasteiger partial charge on any atom is -0.478 e. The van der Waals surface area contributed by atoms with Crippen molar-refractivity contribution >= 4 is 0 Å². The molecule has 1 aromatic rings. The van der Waals surface area contributed by atoms with Gasteiger partial charge in [-0.25, -0.2) is 4.98 Å². The Hall–Kier alpha value is -1.05. The van der Waals surface area contributed by atoms with E-state index < -0.39 is 0 Å². The monoisotopic (exact) mass is 205 g/mol. The lowest BCUT2D eigenvalue weighted by atomic mass is 10.0. The molecule has 0 aliphatic heterocycles. The third kappa shape index (κ3) is 2.31. The quantitative estimate of drug-likeness (QED) is 0.750. The molecular formula is C13H19NO. The predicted molar refractivity (Wildman–Crippen MR) is 61.5 cm³/mol. The topological polar surface area (TPSA) is 22.1 Å². The molecule has 0 unspecified atom stereocenters. The first-order valence-corrected chi connectivity index (χ1v) is 5.85. The Morgan fingerprint density at radius 3 is 2.73 bits per heavy atom. The number of rotatable bonds is 4. The molecule has 1 aromatic heterocycles. The third-order valence-electron chi connectivity index (χ3n) is 2.85. The highest BCUT2D eigenvalue weighted by molar-refractivity contribution is 5.35. The van der Waals surface area contributed by atoms with E-state index in [-0.39, 0.29) is 0 Å². The van der Waals surface area contributed by atoms with E-state index in [9.17, 15) is 0 Å². The Morgan fingerprint density at radius 1 is 1.47 bits per heavy atom. The summed E-state index contributed by atoms with van der Waals surface area (Å²) in [5, 5.41) is 0. The van der Waals surface area contributed by atoms with E-state index in [1.165, 1.54) is 24.0 Å². The highest BCUT2D eigenvalue weighted by Crippen LogP contribution is 2.41. The fourth-order valence-electron chi connectivity index (χ4n) is 1.80. The molecule has 2 rings (SSSR count). The number of ether oxygens (including phenoxy) is 1. The number of hydrogen-bond acceptors (Lipinski definition) is 2. The van der Waals surface area contributed by atoms with E-state index in [1.54, 1.807) is 0 Å². The van der Waals surface area contributed by atoms with Crippen molar-refractivity contribution in [3.05, 3.63) is 23.4 Å². The van der Waals surface area contributed by atoms with Gasteiger partial charge in [0.05, 0.1) is 6.61 Å². The summed E-state index contributed by atoms with van der Waals surface area (Å²) in [4.78, 5) is 4.43. The zero-order valence-corrected chi connectivity index (χ0v) is 9.79. The number of aromatic nitrogens is 1. The highest BCUT2D eigenvalue weighted by atomic mass is 16.5. The molecule has 1 aliphatic carbocycles. The van der Waals surface area contributed by atoms with Gasteiger partial charge in [0.15, 0.2) is 0 Å². The van der Waals surface area contributed by atoms with Gasteiger partial charge in [-0.2, -0.15) is 0 Å². The van der Waals surface area contributed by atoms with Gasteiger partial charge in [0, 0.05) is 11.8 Å². The van der Waals surface area contributed by atoms with Crippen molar-refractivity contribution in [2.75, 3.05) is 6.61 Å². The van der Waals surface area contributed by atoms with Crippen LogP contribution in [0.15, 0.2) is 12.3 Å². The normalized spacial score (nSPS) is 15.7. The maximum Gasteiger partial charge on any atom is 0.216 e. The largest absolute Gasteiger partial charge is 0.478 e. The molecule has 2 heteroatoms. The lowest BCUT2D eigenvalue weighted by Crippen LogP contribution is -2.01. The van der Waals surface area contributed by atoms with Crippen LogP contribution in [0.3, 0.4) is 0 Å². The standard InChI is InChI=1S/C13H19NO/c1-4-15-13-12(9(2)3)7-11(8-14-13)10-5-6-10/h7-10H,4-6H2,1-3H3. The summed E-state index contributed by atoms with van der Waals surface area (Å²) in [6.07, 6.45) is 4.63. The van der Waals surface area contributed by atoms with E-state index >= 15 is 0 Å². The van der Waals surface area contributed by atoms with Crippen LogP contribution in [0.4, 0.5) is 0 Å². The average molecular weight is 205 g/mol. The van der Waals surface area contributed by atoms with E-state index in [1.807, 2.05) is 13.1 Å². The summed E-state index contributed by atoms with van der Waals surface area (Å²) in [6.45, 7) is 7.07. The SMILES string of the molecule is CCOc1ncc(C2CC2)cc1C(C)C. The molecular weight excluding hydrogens is 186 g/mol. The summed E-state index contributed by atoms with van der Waals surface area (Å²) in [7, 11) is 0. The fourth-order valence-corrected chi connectivity index (χ4v) is 1.80. The van der Waals surface area contributed by atoms with Gasteiger partial charge < -0.3 is 4.74 Å². The lowest BCUT2D eigenvalue weighted by Gasteiger charge is -2.13. The summed E-state index contributed by atoms with van der Waals surface area (Å²) < 4.78 is 5.54. The molecule has 0 spiro atoms. The highest BCUT2D eigenvalue weighted by Gasteiger charge is 2.25. The molecule has 0 aromatic carbocycles. The van der Waals surface area contributed by atoms with Crippen molar-refractivity contribution in [1.29, 1.82) is 0 Å². The lowest BCUT2D eigenvalue weighted by molar-refractivity contribution is 0.321. The first-order valence-electron chi connectivity index (χ1n) is 5.85. The maximum absolute atomic E-state index is 5.54. The molecule has 1 saturated carbocycles. The van der Waals surface area contributed by atoms with Crippen LogP contribution in [0, 0.1) is 0 Å². The Labute approximate surface area is 91.7 Å². The minimum absolute atomic E-state index is 0.484. The second-order valence-corrected chi connectivity index (χ2v) is 4.53. The van der Waals surface area contributed by atoms with Crippen molar-refractivity contribution in [2.24, 2.45) is 0 Å². The fraction of sp³-hybridized carbons (Fsp3) is 0.615. The zero-order chi connectivity index (χ0) is 10.8. The molecule has 0 saturated heterocycles. The van der Waals surface area contributed by atoms with Gasteiger partial charge in [0.25, 0.3) is 0 Å². The number of hydrogen-bond donors (Lipinski definition) is 0. The van der Waals surface area contributed by atoms with Gasteiger partial charge in [-0.05, 0) is 43.2 Å². The third-order valence-corrected chi connectivity index (χ3v) is 2.85. The Balaban J connectivity index is 2.30. The molecule has 1 aliphatic rings. The van der Waals surface area contributed by atoms with Crippen molar-refractivity contribution in [3.63, 3.8) is 0 Å². The van der Waals surface area contributed by atoms with E-state index in [0.29, 0.717) is 12.5 Å². The van der Waals surface area contributed by atoms with E-state index in [0.717, 1.165) is 11.8 Å². The van der Waals surface area contributed by atoms with Crippen LogP contribution in [-0.4, -0.2) is 11.6 Å². The Kier molecular flexibility index (Phi) is 2.94. The molecule has 15 heavy (non-hydrogen) atoms. The van der Waals surface area contributed by atoms with Gasteiger partial charge in [0.1, 0.15) is 0 Å². The minimum atomic E-state index is 0.484. The van der Waals surface area contributed by atoms with Gasteiger partial charge in [-0.3, -0.25) is 0 Å². The second kappa shape index (κ2) is 4.21. The number of nitrogens with zero attached hydrogens (tertiary/aromatic N) is 1. The van der Waals surface area contributed by atoms with Crippen molar-refractivity contribution in [3.8, 4) is 5.88 Å². The second-order valence-electron chi connectivity index (χ2n) is 4.53. The van der Waals surface area contributed by atoms with E-state index in [4.69, 9.17) is 4.74 Å². The molecule has 0 bridgehead atoms. The molecule has 82 valence electrons. The van der Waals surface area contributed by atoms with Crippen molar-refractivity contribution in [2.45, 2.75) is 45.4 Å². The predicted octanol–water partition coefficient (Wildman–Crippen LogP) is 3.48. The van der Waals surface area contributed by atoms with Gasteiger partial charge in [0.2, 0.25) is 5.88 Å². The molecule has 0 atom stereocenters.